The Hall–Kier alpha value is -1.13. The summed E-state index contributed by atoms with van der Waals surface area (Å²) in [6.45, 7) is 1.57. The van der Waals surface area contributed by atoms with Crippen molar-refractivity contribution in [3.63, 3.8) is 0 Å². The highest BCUT2D eigenvalue weighted by molar-refractivity contribution is 8.00. The summed E-state index contributed by atoms with van der Waals surface area (Å²) in [5, 5.41) is 0. The predicted octanol–water partition coefficient (Wildman–Crippen LogP) is 3.64. The highest BCUT2D eigenvalue weighted by Crippen LogP contribution is 2.27. The maximum Gasteiger partial charge on any atom is 0.171 e. The minimum atomic E-state index is 0.0871. The average Bonchev–Trinajstić information content (AvgIpc) is 2.76. The van der Waals surface area contributed by atoms with Gasteiger partial charge in [-0.15, -0.1) is 11.3 Å². The van der Waals surface area contributed by atoms with E-state index in [0.717, 1.165) is 15.0 Å². The number of rotatable bonds is 4. The maximum absolute atomic E-state index is 11.1. The van der Waals surface area contributed by atoms with Crippen LogP contribution in [0, 0.1) is 0 Å². The molecule has 16 heavy (non-hydrogen) atoms. The fourth-order valence-electron chi connectivity index (χ4n) is 1.21. The van der Waals surface area contributed by atoms with E-state index in [2.05, 4.69) is 17.1 Å². The van der Waals surface area contributed by atoms with Crippen LogP contribution in [-0.2, 0) is 5.75 Å². The Labute approximate surface area is 103 Å². The van der Waals surface area contributed by atoms with Gasteiger partial charge in [0, 0.05) is 12.7 Å². The number of Topliss-reactive ketones (excluding diaryl/α,β-unsaturated/α-hetero) is 1. The number of hydrogen-bond acceptors (Lipinski definition) is 4. The van der Waals surface area contributed by atoms with Crippen LogP contribution in [0.3, 0.4) is 0 Å². The smallest absolute Gasteiger partial charge is 0.171 e. The Morgan fingerprint density at radius 3 is 2.75 bits per heavy atom. The van der Waals surface area contributed by atoms with Gasteiger partial charge in [0.1, 0.15) is 0 Å². The molecule has 0 fully saturated rings. The van der Waals surface area contributed by atoms with E-state index < -0.39 is 0 Å². The SMILES string of the molecule is CC(=O)c1cnc(SCc2ccccc2)s1. The van der Waals surface area contributed by atoms with Crippen molar-refractivity contribution in [1.29, 1.82) is 0 Å². The van der Waals surface area contributed by atoms with Gasteiger partial charge < -0.3 is 0 Å². The third-order valence-electron chi connectivity index (χ3n) is 2.04. The van der Waals surface area contributed by atoms with Gasteiger partial charge in [0.2, 0.25) is 0 Å². The minimum absolute atomic E-state index is 0.0871. The quantitative estimate of drug-likeness (QED) is 0.612. The Kier molecular flexibility index (Phi) is 3.74. The Balaban J connectivity index is 1.97. The monoisotopic (exact) mass is 249 g/mol. The zero-order valence-electron chi connectivity index (χ0n) is 8.84. The van der Waals surface area contributed by atoms with Crippen molar-refractivity contribution in [2.45, 2.75) is 17.0 Å². The molecule has 2 nitrogen and oxygen atoms in total. The number of thiazole rings is 1. The van der Waals surface area contributed by atoms with E-state index in [1.165, 1.54) is 16.9 Å². The van der Waals surface area contributed by atoms with E-state index in [1.807, 2.05) is 18.2 Å². The second-order valence-electron chi connectivity index (χ2n) is 3.32. The van der Waals surface area contributed by atoms with Gasteiger partial charge in [0.05, 0.1) is 11.1 Å². The number of aromatic nitrogens is 1. The molecule has 4 heteroatoms. The zero-order valence-corrected chi connectivity index (χ0v) is 10.5. The summed E-state index contributed by atoms with van der Waals surface area (Å²) in [5.41, 5.74) is 1.27. The molecular formula is C12H11NOS2. The van der Waals surface area contributed by atoms with Crippen LogP contribution in [0.1, 0.15) is 22.2 Å². The van der Waals surface area contributed by atoms with Crippen LogP contribution in [0.25, 0.3) is 0 Å². The molecule has 0 aliphatic heterocycles. The third kappa shape index (κ3) is 2.93. The molecule has 0 bridgehead atoms. The molecule has 0 spiro atoms. The van der Waals surface area contributed by atoms with Crippen molar-refractivity contribution in [2.24, 2.45) is 0 Å². The number of carbonyl (C=O) groups is 1. The maximum atomic E-state index is 11.1. The molecule has 1 aromatic carbocycles. The first-order valence-electron chi connectivity index (χ1n) is 4.89. The van der Waals surface area contributed by atoms with Crippen LogP contribution in [0.5, 0.6) is 0 Å². The molecule has 2 aromatic rings. The fourth-order valence-corrected chi connectivity index (χ4v) is 3.04. The van der Waals surface area contributed by atoms with Crippen LogP contribution in [0.4, 0.5) is 0 Å². The summed E-state index contributed by atoms with van der Waals surface area (Å²) in [4.78, 5) is 16.0. The standard InChI is InChI=1S/C12H11NOS2/c1-9(14)11-7-13-12(16-11)15-8-10-5-3-2-4-6-10/h2-7H,8H2,1H3. The lowest BCUT2D eigenvalue weighted by Crippen LogP contribution is -1.83. The Bertz CT molecular complexity index is 479. The summed E-state index contributed by atoms with van der Waals surface area (Å²) in [6, 6.07) is 10.2. The van der Waals surface area contributed by atoms with E-state index in [1.54, 1.807) is 24.9 Å². The fraction of sp³-hybridized carbons (Fsp3) is 0.167. The van der Waals surface area contributed by atoms with Gasteiger partial charge in [-0.05, 0) is 5.56 Å². The lowest BCUT2D eigenvalue weighted by Gasteiger charge is -1.97. The van der Waals surface area contributed by atoms with Gasteiger partial charge in [-0.2, -0.15) is 0 Å². The van der Waals surface area contributed by atoms with E-state index >= 15 is 0 Å². The summed E-state index contributed by atoms with van der Waals surface area (Å²) in [6.07, 6.45) is 1.65. The molecule has 0 radical (unpaired) electrons. The number of hydrogen-bond donors (Lipinski definition) is 0. The van der Waals surface area contributed by atoms with Crippen molar-refractivity contribution in [3.05, 3.63) is 47.0 Å². The highest BCUT2D eigenvalue weighted by atomic mass is 32.2. The number of ketones is 1. The minimum Gasteiger partial charge on any atom is -0.294 e. The molecule has 0 unspecified atom stereocenters. The molecule has 82 valence electrons. The molecule has 0 saturated heterocycles. The van der Waals surface area contributed by atoms with E-state index in [4.69, 9.17) is 0 Å². The van der Waals surface area contributed by atoms with Crippen molar-refractivity contribution in [2.75, 3.05) is 0 Å². The number of thioether (sulfide) groups is 1. The third-order valence-corrected chi connectivity index (χ3v) is 4.36. The first-order valence-corrected chi connectivity index (χ1v) is 6.69. The molecule has 1 heterocycles. The molecule has 1 aromatic heterocycles. The summed E-state index contributed by atoms with van der Waals surface area (Å²) in [7, 11) is 0. The molecule has 0 atom stereocenters. The van der Waals surface area contributed by atoms with Crippen molar-refractivity contribution < 1.29 is 4.79 Å². The van der Waals surface area contributed by atoms with Crippen molar-refractivity contribution in [3.8, 4) is 0 Å². The van der Waals surface area contributed by atoms with E-state index in [9.17, 15) is 4.79 Å². The van der Waals surface area contributed by atoms with Gasteiger partial charge in [-0.1, -0.05) is 42.1 Å². The molecule has 0 aliphatic rings. The van der Waals surface area contributed by atoms with Crippen LogP contribution >= 0.6 is 23.1 Å². The first-order chi connectivity index (χ1) is 7.75. The van der Waals surface area contributed by atoms with Gasteiger partial charge >= 0.3 is 0 Å². The number of carbonyl (C=O) groups excluding carboxylic acids is 1. The van der Waals surface area contributed by atoms with Crippen LogP contribution in [0.2, 0.25) is 0 Å². The highest BCUT2D eigenvalue weighted by Gasteiger charge is 2.06. The van der Waals surface area contributed by atoms with E-state index in [0.29, 0.717) is 0 Å². The summed E-state index contributed by atoms with van der Waals surface area (Å²) >= 11 is 3.13. The summed E-state index contributed by atoms with van der Waals surface area (Å²) < 4.78 is 0.953. The molecule has 0 N–H and O–H groups in total. The zero-order chi connectivity index (χ0) is 11.4. The van der Waals surface area contributed by atoms with Gasteiger partial charge in [-0.3, -0.25) is 4.79 Å². The number of benzene rings is 1. The largest absolute Gasteiger partial charge is 0.294 e. The van der Waals surface area contributed by atoms with Crippen LogP contribution < -0.4 is 0 Å². The van der Waals surface area contributed by atoms with Crippen molar-refractivity contribution >= 4 is 28.9 Å². The number of nitrogens with zero attached hydrogens (tertiary/aromatic N) is 1. The summed E-state index contributed by atoms with van der Waals surface area (Å²) in [5.74, 6) is 0.982. The predicted molar refractivity (Wildman–Crippen MR) is 68.1 cm³/mol. The molecule has 0 saturated carbocycles. The topological polar surface area (TPSA) is 30.0 Å². The van der Waals surface area contributed by atoms with Gasteiger partial charge in [0.25, 0.3) is 0 Å². The Morgan fingerprint density at radius 2 is 2.12 bits per heavy atom. The van der Waals surface area contributed by atoms with Crippen molar-refractivity contribution in [1.82, 2.24) is 4.98 Å². The lowest BCUT2D eigenvalue weighted by atomic mass is 10.2. The first kappa shape index (κ1) is 11.4. The average molecular weight is 249 g/mol. The Morgan fingerprint density at radius 1 is 1.38 bits per heavy atom. The van der Waals surface area contributed by atoms with Crippen LogP contribution in [0.15, 0.2) is 40.9 Å². The second kappa shape index (κ2) is 5.27. The molecule has 0 amide bonds. The van der Waals surface area contributed by atoms with Gasteiger partial charge in [0.15, 0.2) is 10.1 Å². The van der Waals surface area contributed by atoms with Crippen LogP contribution in [-0.4, -0.2) is 10.8 Å². The molecular weight excluding hydrogens is 238 g/mol. The van der Waals surface area contributed by atoms with Gasteiger partial charge in [-0.25, -0.2) is 4.98 Å². The lowest BCUT2D eigenvalue weighted by molar-refractivity contribution is 0.102. The second-order valence-corrected chi connectivity index (χ2v) is 5.57. The normalized spacial score (nSPS) is 10.3. The molecule has 0 aliphatic carbocycles. The molecule has 2 rings (SSSR count). The van der Waals surface area contributed by atoms with E-state index in [-0.39, 0.29) is 5.78 Å².